The third-order valence-electron chi connectivity index (χ3n) is 3.03. The van der Waals surface area contributed by atoms with E-state index >= 15 is 0 Å². The Bertz CT molecular complexity index is 368. The molecular formula is C14H20O3. The number of aryl methyl sites for hydroxylation is 1. The Morgan fingerprint density at radius 1 is 1.47 bits per heavy atom. The van der Waals surface area contributed by atoms with E-state index in [-0.39, 0.29) is 6.10 Å². The van der Waals surface area contributed by atoms with Gasteiger partial charge in [-0.1, -0.05) is 11.6 Å². The molecule has 1 heterocycles. The lowest BCUT2D eigenvalue weighted by Crippen LogP contribution is -2.28. The van der Waals surface area contributed by atoms with Crippen molar-refractivity contribution in [2.45, 2.75) is 38.9 Å². The lowest BCUT2D eigenvalue weighted by molar-refractivity contribution is 0.00613. The van der Waals surface area contributed by atoms with Crippen molar-refractivity contribution in [2.24, 2.45) is 0 Å². The topological polar surface area (TPSA) is 38.7 Å². The summed E-state index contributed by atoms with van der Waals surface area (Å²) in [7, 11) is 0. The summed E-state index contributed by atoms with van der Waals surface area (Å²) in [4.78, 5) is 0. The van der Waals surface area contributed by atoms with Gasteiger partial charge in [-0.3, -0.25) is 0 Å². The summed E-state index contributed by atoms with van der Waals surface area (Å²) in [6.07, 6.45) is 1.67. The first-order chi connectivity index (χ1) is 8.16. The molecule has 1 aromatic rings. The molecule has 1 aliphatic rings. The van der Waals surface area contributed by atoms with E-state index in [1.807, 2.05) is 25.1 Å². The Labute approximate surface area is 102 Å². The molecule has 17 heavy (non-hydrogen) atoms. The molecular weight excluding hydrogens is 216 g/mol. The van der Waals surface area contributed by atoms with E-state index < -0.39 is 6.10 Å². The first-order valence-electron chi connectivity index (χ1n) is 6.20. The van der Waals surface area contributed by atoms with Crippen LogP contribution in [-0.2, 0) is 4.74 Å². The minimum absolute atomic E-state index is 0.115. The lowest BCUT2D eigenvalue weighted by Gasteiger charge is -2.25. The molecule has 1 N–H and O–H groups in total. The fourth-order valence-electron chi connectivity index (χ4n) is 2.09. The van der Waals surface area contributed by atoms with Crippen LogP contribution >= 0.6 is 0 Å². The number of hydrogen-bond donors (Lipinski definition) is 1. The van der Waals surface area contributed by atoms with Gasteiger partial charge in [-0.05, 0) is 38.8 Å². The highest BCUT2D eigenvalue weighted by Crippen LogP contribution is 2.28. The molecule has 1 aliphatic heterocycles. The second-order valence-corrected chi connectivity index (χ2v) is 4.67. The van der Waals surface area contributed by atoms with Gasteiger partial charge < -0.3 is 14.6 Å². The van der Waals surface area contributed by atoms with Crippen LogP contribution in [0.15, 0.2) is 18.2 Å². The van der Waals surface area contributed by atoms with E-state index in [0.717, 1.165) is 36.3 Å². The lowest BCUT2D eigenvalue weighted by atomic mass is 10.1. The maximum atomic E-state index is 9.75. The molecule has 0 bridgehead atoms. The summed E-state index contributed by atoms with van der Waals surface area (Å²) in [6, 6.07) is 5.92. The average molecular weight is 236 g/mol. The Kier molecular flexibility index (Phi) is 4.02. The van der Waals surface area contributed by atoms with Crippen molar-refractivity contribution in [1.82, 2.24) is 0 Å². The highest BCUT2D eigenvalue weighted by molar-refractivity contribution is 5.38. The van der Waals surface area contributed by atoms with Gasteiger partial charge in [-0.15, -0.1) is 0 Å². The molecule has 0 saturated carbocycles. The Balaban J connectivity index is 2.13. The van der Waals surface area contributed by atoms with Crippen LogP contribution in [0.5, 0.6) is 5.75 Å². The average Bonchev–Trinajstić information content (AvgIpc) is 2.32. The molecule has 94 valence electrons. The predicted molar refractivity (Wildman–Crippen MR) is 66.3 cm³/mol. The first kappa shape index (κ1) is 12.4. The third-order valence-corrected chi connectivity index (χ3v) is 3.03. The number of aliphatic hydroxyl groups is 1. The molecule has 0 spiro atoms. The van der Waals surface area contributed by atoms with Gasteiger partial charge in [0, 0.05) is 12.2 Å². The van der Waals surface area contributed by atoms with Crippen molar-refractivity contribution in [3.63, 3.8) is 0 Å². The summed E-state index contributed by atoms with van der Waals surface area (Å²) < 4.78 is 11.3. The summed E-state index contributed by atoms with van der Waals surface area (Å²) in [5.41, 5.74) is 1.99. The minimum atomic E-state index is -0.505. The summed E-state index contributed by atoms with van der Waals surface area (Å²) in [5.74, 6) is 0.779. The smallest absolute Gasteiger partial charge is 0.125 e. The van der Waals surface area contributed by atoms with Crippen LogP contribution in [-0.4, -0.2) is 24.4 Å². The highest BCUT2D eigenvalue weighted by Gasteiger charge is 2.18. The van der Waals surface area contributed by atoms with Crippen molar-refractivity contribution in [3.05, 3.63) is 29.3 Å². The van der Waals surface area contributed by atoms with Gasteiger partial charge in [-0.2, -0.15) is 0 Å². The Morgan fingerprint density at radius 2 is 2.29 bits per heavy atom. The number of benzene rings is 1. The minimum Gasteiger partial charge on any atom is -0.488 e. The van der Waals surface area contributed by atoms with Crippen LogP contribution in [0.3, 0.4) is 0 Å². The number of rotatable bonds is 3. The summed E-state index contributed by atoms with van der Waals surface area (Å²) >= 11 is 0. The van der Waals surface area contributed by atoms with Gasteiger partial charge in [0.1, 0.15) is 11.9 Å². The van der Waals surface area contributed by atoms with Crippen LogP contribution in [0.2, 0.25) is 0 Å². The van der Waals surface area contributed by atoms with Crippen LogP contribution in [0.4, 0.5) is 0 Å². The number of aliphatic hydroxyl groups excluding tert-OH is 1. The fraction of sp³-hybridized carbons (Fsp3) is 0.571. The van der Waals surface area contributed by atoms with Crippen molar-refractivity contribution in [1.29, 1.82) is 0 Å². The predicted octanol–water partition coefficient (Wildman–Crippen LogP) is 2.61. The number of hydrogen-bond acceptors (Lipinski definition) is 3. The van der Waals surface area contributed by atoms with Crippen molar-refractivity contribution < 1.29 is 14.6 Å². The van der Waals surface area contributed by atoms with E-state index in [1.54, 1.807) is 6.92 Å². The molecule has 0 aromatic heterocycles. The number of ether oxygens (including phenoxy) is 2. The van der Waals surface area contributed by atoms with E-state index in [2.05, 4.69) is 0 Å². The standard InChI is InChI=1S/C14H20O3/c1-10-5-6-14(13(8-10)11(2)15)17-12-4-3-7-16-9-12/h5-6,8,11-12,15H,3-4,7,9H2,1-2H3/t11-,12?/m1/s1. The molecule has 0 radical (unpaired) electrons. The maximum Gasteiger partial charge on any atom is 0.125 e. The molecule has 1 saturated heterocycles. The second kappa shape index (κ2) is 5.52. The Morgan fingerprint density at radius 3 is 2.94 bits per heavy atom. The van der Waals surface area contributed by atoms with Crippen molar-refractivity contribution >= 4 is 0 Å². The normalized spacial score (nSPS) is 22.2. The molecule has 1 unspecified atom stereocenters. The zero-order valence-electron chi connectivity index (χ0n) is 10.5. The quantitative estimate of drug-likeness (QED) is 0.876. The fourth-order valence-corrected chi connectivity index (χ4v) is 2.09. The SMILES string of the molecule is Cc1ccc(OC2CCCOC2)c([C@@H](C)O)c1. The zero-order chi connectivity index (χ0) is 12.3. The first-order valence-corrected chi connectivity index (χ1v) is 6.20. The van der Waals surface area contributed by atoms with Gasteiger partial charge in [0.15, 0.2) is 0 Å². The third kappa shape index (κ3) is 3.20. The van der Waals surface area contributed by atoms with Crippen LogP contribution < -0.4 is 4.74 Å². The van der Waals surface area contributed by atoms with E-state index in [9.17, 15) is 5.11 Å². The van der Waals surface area contributed by atoms with Gasteiger partial charge in [0.05, 0.1) is 12.7 Å². The van der Waals surface area contributed by atoms with Crippen LogP contribution in [0.25, 0.3) is 0 Å². The van der Waals surface area contributed by atoms with Crippen LogP contribution in [0, 0.1) is 6.92 Å². The molecule has 3 heteroatoms. The largest absolute Gasteiger partial charge is 0.488 e. The summed E-state index contributed by atoms with van der Waals surface area (Å²) in [6.45, 7) is 5.25. The van der Waals surface area contributed by atoms with Crippen molar-refractivity contribution in [2.75, 3.05) is 13.2 Å². The monoisotopic (exact) mass is 236 g/mol. The highest BCUT2D eigenvalue weighted by atomic mass is 16.5. The van der Waals surface area contributed by atoms with Gasteiger partial charge >= 0.3 is 0 Å². The second-order valence-electron chi connectivity index (χ2n) is 4.67. The molecule has 0 amide bonds. The van der Waals surface area contributed by atoms with Gasteiger partial charge in [-0.25, -0.2) is 0 Å². The zero-order valence-corrected chi connectivity index (χ0v) is 10.5. The molecule has 2 rings (SSSR count). The van der Waals surface area contributed by atoms with Crippen molar-refractivity contribution in [3.8, 4) is 5.75 Å². The molecule has 1 fully saturated rings. The molecule has 3 nitrogen and oxygen atoms in total. The van der Waals surface area contributed by atoms with E-state index in [0.29, 0.717) is 6.61 Å². The maximum absolute atomic E-state index is 9.75. The van der Waals surface area contributed by atoms with Gasteiger partial charge in [0.2, 0.25) is 0 Å². The molecule has 2 atom stereocenters. The van der Waals surface area contributed by atoms with E-state index in [4.69, 9.17) is 9.47 Å². The molecule has 1 aromatic carbocycles. The summed E-state index contributed by atoms with van der Waals surface area (Å²) in [5, 5.41) is 9.75. The Hall–Kier alpha value is -1.06. The molecule has 0 aliphatic carbocycles. The van der Waals surface area contributed by atoms with Crippen LogP contribution in [0.1, 0.15) is 37.0 Å². The van der Waals surface area contributed by atoms with Gasteiger partial charge in [0.25, 0.3) is 0 Å². The van der Waals surface area contributed by atoms with E-state index in [1.165, 1.54) is 0 Å².